The van der Waals surface area contributed by atoms with Gasteiger partial charge in [0.1, 0.15) is 6.54 Å². The Morgan fingerprint density at radius 2 is 1.86 bits per heavy atom. The van der Waals surface area contributed by atoms with E-state index < -0.39 is 0 Å². The van der Waals surface area contributed by atoms with Gasteiger partial charge in [-0.3, -0.25) is 9.59 Å². The van der Waals surface area contributed by atoms with E-state index in [0.29, 0.717) is 22.0 Å². The molecule has 0 aliphatic rings. The molecule has 1 amide bonds. The summed E-state index contributed by atoms with van der Waals surface area (Å²) in [6, 6.07) is 11.6. The van der Waals surface area contributed by atoms with E-state index in [4.69, 9.17) is 16.3 Å². The highest BCUT2D eigenvalue weighted by Gasteiger charge is 2.13. The van der Waals surface area contributed by atoms with Crippen LogP contribution in [0.1, 0.15) is 17.5 Å². The van der Waals surface area contributed by atoms with Gasteiger partial charge in [-0.25, -0.2) is 0 Å². The first-order valence-corrected chi connectivity index (χ1v) is 11.2. The van der Waals surface area contributed by atoms with Crippen molar-refractivity contribution in [3.05, 3.63) is 57.3 Å². The third kappa shape index (κ3) is 5.50. The van der Waals surface area contributed by atoms with Gasteiger partial charge in [-0.2, -0.15) is 4.99 Å². The third-order valence-electron chi connectivity index (χ3n) is 4.43. The molecule has 3 rings (SSSR count). The molecule has 0 fully saturated rings. The van der Waals surface area contributed by atoms with Crippen LogP contribution in [0.4, 0.5) is 0 Å². The number of ether oxygens (including phenoxy) is 1. The van der Waals surface area contributed by atoms with E-state index in [2.05, 4.69) is 11.1 Å². The maximum atomic E-state index is 12.5. The van der Waals surface area contributed by atoms with Crippen molar-refractivity contribution in [3.8, 4) is 0 Å². The van der Waals surface area contributed by atoms with Crippen LogP contribution in [-0.2, 0) is 20.9 Å². The Hall–Kier alpha value is -2.09. The van der Waals surface area contributed by atoms with Crippen molar-refractivity contribution in [2.24, 2.45) is 4.99 Å². The summed E-state index contributed by atoms with van der Waals surface area (Å²) in [5.74, 6) is 0.0181. The molecule has 8 heteroatoms. The molecule has 0 aliphatic heterocycles. The average Bonchev–Trinajstić information content (AvgIpc) is 2.99. The molecular formula is C21H21ClN2O3S2. The molecule has 0 atom stereocenters. The third-order valence-corrected chi connectivity index (χ3v) is 6.74. The molecule has 0 radical (unpaired) electrons. The number of aryl methyl sites for hydroxylation is 2. The Morgan fingerprint density at radius 1 is 1.17 bits per heavy atom. The molecule has 0 saturated carbocycles. The van der Waals surface area contributed by atoms with Gasteiger partial charge in [0.25, 0.3) is 0 Å². The fourth-order valence-corrected chi connectivity index (χ4v) is 4.80. The molecule has 0 unspecified atom stereocenters. The van der Waals surface area contributed by atoms with Gasteiger partial charge < -0.3 is 9.30 Å². The molecule has 3 aromatic rings. The number of fused-ring (bicyclic) bond motifs is 1. The molecule has 0 N–H and O–H groups in total. The Labute approximate surface area is 182 Å². The summed E-state index contributed by atoms with van der Waals surface area (Å²) >= 11 is 8.87. The normalized spacial score (nSPS) is 11.8. The SMILES string of the molecule is COC(=O)Cn1c(=NC(=O)CCSc2ccc(Cl)cc2)sc2cc(C)c(C)cc21. The number of carbonyl (C=O) groups is 2. The lowest BCUT2D eigenvalue weighted by Crippen LogP contribution is -2.22. The number of methoxy groups -OCH3 is 1. The second-order valence-electron chi connectivity index (χ2n) is 6.51. The smallest absolute Gasteiger partial charge is 0.325 e. The minimum absolute atomic E-state index is 0.0185. The fourth-order valence-electron chi connectivity index (χ4n) is 2.70. The number of carbonyl (C=O) groups excluding carboxylic acids is 2. The molecule has 1 aromatic heterocycles. The number of hydrogen-bond acceptors (Lipinski definition) is 5. The summed E-state index contributed by atoms with van der Waals surface area (Å²) in [7, 11) is 1.35. The lowest BCUT2D eigenvalue weighted by Gasteiger charge is -2.05. The van der Waals surface area contributed by atoms with Gasteiger partial charge in [-0.05, 0) is 61.4 Å². The van der Waals surface area contributed by atoms with Gasteiger partial charge in [0.2, 0.25) is 5.91 Å². The number of rotatable bonds is 6. The van der Waals surface area contributed by atoms with Gasteiger partial charge in [-0.1, -0.05) is 22.9 Å². The zero-order chi connectivity index (χ0) is 21.0. The van der Waals surface area contributed by atoms with Crippen molar-refractivity contribution in [1.82, 2.24) is 4.57 Å². The quantitative estimate of drug-likeness (QED) is 0.403. The number of thiazole rings is 1. The Morgan fingerprint density at radius 3 is 2.55 bits per heavy atom. The highest BCUT2D eigenvalue weighted by molar-refractivity contribution is 7.99. The highest BCUT2D eigenvalue weighted by Crippen LogP contribution is 2.23. The predicted octanol–water partition coefficient (Wildman–Crippen LogP) is 4.76. The molecule has 29 heavy (non-hydrogen) atoms. The van der Waals surface area contributed by atoms with E-state index in [1.165, 1.54) is 18.4 Å². The summed E-state index contributed by atoms with van der Waals surface area (Å²) < 4.78 is 7.55. The van der Waals surface area contributed by atoms with Crippen molar-refractivity contribution in [2.45, 2.75) is 31.7 Å². The van der Waals surface area contributed by atoms with Crippen LogP contribution < -0.4 is 4.80 Å². The van der Waals surface area contributed by atoms with Crippen molar-refractivity contribution < 1.29 is 14.3 Å². The van der Waals surface area contributed by atoms with Gasteiger partial charge in [0, 0.05) is 22.1 Å². The molecular weight excluding hydrogens is 428 g/mol. The van der Waals surface area contributed by atoms with Crippen LogP contribution in [0.2, 0.25) is 5.02 Å². The van der Waals surface area contributed by atoms with Gasteiger partial charge in [-0.15, -0.1) is 11.8 Å². The largest absolute Gasteiger partial charge is 0.468 e. The molecule has 2 aromatic carbocycles. The molecule has 152 valence electrons. The van der Waals surface area contributed by atoms with Gasteiger partial charge in [0.05, 0.1) is 17.3 Å². The summed E-state index contributed by atoms with van der Waals surface area (Å²) in [5.41, 5.74) is 3.15. The minimum atomic E-state index is -0.380. The van der Waals surface area contributed by atoms with E-state index in [0.717, 1.165) is 26.2 Å². The molecule has 0 saturated heterocycles. The topological polar surface area (TPSA) is 60.7 Å². The predicted molar refractivity (Wildman–Crippen MR) is 119 cm³/mol. The monoisotopic (exact) mass is 448 g/mol. The van der Waals surface area contributed by atoms with E-state index >= 15 is 0 Å². The van der Waals surface area contributed by atoms with Crippen LogP contribution >= 0.6 is 34.7 Å². The summed E-state index contributed by atoms with van der Waals surface area (Å²) in [6.07, 6.45) is 0.303. The number of hydrogen-bond donors (Lipinski definition) is 0. The number of esters is 1. The molecule has 0 aliphatic carbocycles. The lowest BCUT2D eigenvalue weighted by molar-refractivity contribution is -0.141. The summed E-state index contributed by atoms with van der Waals surface area (Å²) in [5, 5.41) is 0.686. The van der Waals surface area contributed by atoms with Crippen LogP contribution in [0.3, 0.4) is 0 Å². The first kappa shape index (κ1) is 21.6. The maximum absolute atomic E-state index is 12.5. The van der Waals surface area contributed by atoms with E-state index in [-0.39, 0.29) is 18.4 Å². The summed E-state index contributed by atoms with van der Waals surface area (Å²) in [6.45, 7) is 4.07. The van der Waals surface area contributed by atoms with Crippen molar-refractivity contribution in [1.29, 1.82) is 0 Å². The Balaban J connectivity index is 1.83. The first-order chi connectivity index (χ1) is 13.9. The number of halogens is 1. The highest BCUT2D eigenvalue weighted by atomic mass is 35.5. The van der Waals surface area contributed by atoms with E-state index in [9.17, 15) is 9.59 Å². The maximum Gasteiger partial charge on any atom is 0.325 e. The Kier molecular flexibility index (Phi) is 7.16. The lowest BCUT2D eigenvalue weighted by atomic mass is 10.1. The zero-order valence-electron chi connectivity index (χ0n) is 16.4. The van der Waals surface area contributed by atoms with Crippen LogP contribution in [0.15, 0.2) is 46.3 Å². The van der Waals surface area contributed by atoms with Crippen molar-refractivity contribution >= 4 is 56.8 Å². The van der Waals surface area contributed by atoms with Gasteiger partial charge >= 0.3 is 5.97 Å². The van der Waals surface area contributed by atoms with Crippen LogP contribution in [-0.4, -0.2) is 29.3 Å². The molecule has 5 nitrogen and oxygen atoms in total. The van der Waals surface area contributed by atoms with Crippen LogP contribution in [0, 0.1) is 13.8 Å². The number of thioether (sulfide) groups is 1. The van der Waals surface area contributed by atoms with Crippen molar-refractivity contribution in [3.63, 3.8) is 0 Å². The summed E-state index contributed by atoms with van der Waals surface area (Å²) in [4.78, 5) is 30.2. The van der Waals surface area contributed by atoms with Gasteiger partial charge in [0.15, 0.2) is 4.80 Å². The number of benzene rings is 2. The second kappa shape index (κ2) is 9.61. The molecule has 1 heterocycles. The number of nitrogens with zero attached hydrogens (tertiary/aromatic N) is 2. The zero-order valence-corrected chi connectivity index (χ0v) is 18.8. The molecule has 0 spiro atoms. The number of amides is 1. The standard InChI is InChI=1S/C21H21ClN2O3S2/c1-13-10-17-18(11-14(13)2)29-21(24(17)12-20(26)27-3)23-19(25)8-9-28-16-6-4-15(22)5-7-16/h4-7,10-11H,8-9,12H2,1-3H3. The second-order valence-corrected chi connectivity index (χ2v) is 9.12. The van der Waals surface area contributed by atoms with E-state index in [1.54, 1.807) is 16.3 Å². The van der Waals surface area contributed by atoms with Crippen LogP contribution in [0.25, 0.3) is 10.2 Å². The minimum Gasteiger partial charge on any atom is -0.468 e. The molecule has 0 bridgehead atoms. The Bertz CT molecular complexity index is 1120. The first-order valence-electron chi connectivity index (χ1n) is 9.00. The van der Waals surface area contributed by atoms with E-state index in [1.807, 2.05) is 44.2 Å². The average molecular weight is 449 g/mol. The van der Waals surface area contributed by atoms with Crippen molar-refractivity contribution in [2.75, 3.05) is 12.9 Å². The number of aromatic nitrogens is 1. The van der Waals surface area contributed by atoms with Crippen LogP contribution in [0.5, 0.6) is 0 Å². The fraction of sp³-hybridized carbons (Fsp3) is 0.286.